The number of rotatable bonds is 9. The number of aliphatic hydroxyl groups is 1. The summed E-state index contributed by atoms with van der Waals surface area (Å²) in [6, 6.07) is 7.46. The van der Waals surface area contributed by atoms with E-state index >= 15 is 0 Å². The van der Waals surface area contributed by atoms with Crippen molar-refractivity contribution in [2.75, 3.05) is 39.5 Å². The lowest BCUT2D eigenvalue weighted by molar-refractivity contribution is -0.769. The Morgan fingerprint density at radius 3 is 2.97 bits per heavy atom. The summed E-state index contributed by atoms with van der Waals surface area (Å²) in [5.74, 6) is 1.43. The first-order valence-corrected chi connectivity index (χ1v) is 9.60. The van der Waals surface area contributed by atoms with Crippen LogP contribution < -0.4 is 14.8 Å². The smallest absolute Gasteiger partial charge is 0.294 e. The molecule has 2 fully saturated rings. The van der Waals surface area contributed by atoms with Gasteiger partial charge in [-0.3, -0.25) is 0 Å². The minimum absolute atomic E-state index is 0.0342. The van der Waals surface area contributed by atoms with Crippen molar-refractivity contribution < 1.29 is 38.8 Å². The summed E-state index contributed by atoms with van der Waals surface area (Å²) in [5.41, 5.74) is 0.473. The fourth-order valence-corrected chi connectivity index (χ4v) is 3.45. The standard InChI is InChI=1S/C18H23N3O9/c22-11(5-19-6-12-8-25-14-3-1-2-4-15(14)29-12)7-28-20-13-9-26-18-16(30-21(23)24)10-27-17(13)18/h1-4,11-12,16-19,22H,5-10H2. The SMILES string of the molecule is O=[N+]([O-])OC1COC2C(=NOCC(O)CNCC3COc4ccccc4O3)COC12. The highest BCUT2D eigenvalue weighted by Gasteiger charge is 2.48. The number of hydrogen-bond acceptors (Lipinski definition) is 11. The summed E-state index contributed by atoms with van der Waals surface area (Å²) in [7, 11) is 0. The predicted molar refractivity (Wildman–Crippen MR) is 100.0 cm³/mol. The van der Waals surface area contributed by atoms with Crippen molar-refractivity contribution in [3.63, 3.8) is 0 Å². The normalized spacial score (nSPS) is 29.4. The second-order valence-electron chi connectivity index (χ2n) is 7.09. The van der Waals surface area contributed by atoms with Crippen LogP contribution in [0.4, 0.5) is 0 Å². The quantitative estimate of drug-likeness (QED) is 0.393. The molecule has 164 valence electrons. The minimum Gasteiger partial charge on any atom is -0.486 e. The molecule has 30 heavy (non-hydrogen) atoms. The molecule has 0 radical (unpaired) electrons. The molecular weight excluding hydrogens is 402 g/mol. The maximum atomic E-state index is 10.5. The molecule has 0 aliphatic carbocycles. The van der Waals surface area contributed by atoms with Crippen molar-refractivity contribution in [1.82, 2.24) is 5.32 Å². The van der Waals surface area contributed by atoms with Crippen molar-refractivity contribution in [1.29, 1.82) is 0 Å². The molecule has 2 N–H and O–H groups in total. The summed E-state index contributed by atoms with van der Waals surface area (Å²) in [4.78, 5) is 20.2. The van der Waals surface area contributed by atoms with E-state index in [-0.39, 0.29) is 32.5 Å². The maximum Gasteiger partial charge on any atom is 0.294 e. The number of para-hydroxylation sites is 2. The lowest BCUT2D eigenvalue weighted by Gasteiger charge is -2.26. The third-order valence-electron chi connectivity index (χ3n) is 4.85. The molecule has 12 nitrogen and oxygen atoms in total. The monoisotopic (exact) mass is 425 g/mol. The topological polar surface area (TPSA) is 143 Å². The molecule has 0 aromatic heterocycles. The van der Waals surface area contributed by atoms with E-state index in [9.17, 15) is 15.2 Å². The Hall–Kier alpha value is -2.67. The third-order valence-corrected chi connectivity index (χ3v) is 4.85. The van der Waals surface area contributed by atoms with Crippen molar-refractivity contribution in [2.24, 2.45) is 5.16 Å². The number of benzene rings is 1. The van der Waals surface area contributed by atoms with Crippen LogP contribution in [-0.4, -0.2) is 85.9 Å². The fraction of sp³-hybridized carbons (Fsp3) is 0.611. The van der Waals surface area contributed by atoms with Gasteiger partial charge < -0.3 is 39.0 Å². The van der Waals surface area contributed by atoms with Gasteiger partial charge in [0.15, 0.2) is 17.6 Å². The minimum atomic E-state index is -0.863. The Morgan fingerprint density at radius 1 is 1.30 bits per heavy atom. The van der Waals surface area contributed by atoms with Gasteiger partial charge in [-0.1, -0.05) is 17.3 Å². The molecule has 3 heterocycles. The Bertz CT molecular complexity index is 777. The first kappa shape index (κ1) is 20.6. The molecule has 0 saturated carbocycles. The summed E-state index contributed by atoms with van der Waals surface area (Å²) in [6.45, 7) is 1.34. The van der Waals surface area contributed by atoms with E-state index in [1.165, 1.54) is 0 Å². The molecule has 0 amide bonds. The van der Waals surface area contributed by atoms with Crippen LogP contribution in [0.5, 0.6) is 11.5 Å². The molecule has 12 heteroatoms. The predicted octanol–water partition coefficient (Wildman–Crippen LogP) is -0.476. The number of oxime groups is 1. The highest BCUT2D eigenvalue weighted by atomic mass is 17.0. The van der Waals surface area contributed by atoms with Gasteiger partial charge in [0.25, 0.3) is 5.09 Å². The van der Waals surface area contributed by atoms with Crippen LogP contribution in [0.1, 0.15) is 0 Å². The highest BCUT2D eigenvalue weighted by Crippen LogP contribution is 2.30. The zero-order chi connectivity index (χ0) is 20.9. The van der Waals surface area contributed by atoms with Crippen LogP contribution >= 0.6 is 0 Å². The summed E-state index contributed by atoms with van der Waals surface area (Å²) in [6.07, 6.45) is -2.87. The number of nitrogens with one attached hydrogen (secondary N) is 1. The zero-order valence-electron chi connectivity index (χ0n) is 16.0. The van der Waals surface area contributed by atoms with Crippen molar-refractivity contribution in [3.05, 3.63) is 34.4 Å². The van der Waals surface area contributed by atoms with Crippen LogP contribution in [0.2, 0.25) is 0 Å². The molecule has 4 rings (SSSR count). The van der Waals surface area contributed by atoms with Gasteiger partial charge in [-0.25, -0.2) is 0 Å². The van der Waals surface area contributed by atoms with E-state index in [2.05, 4.69) is 15.3 Å². The van der Waals surface area contributed by atoms with Crippen molar-refractivity contribution in [2.45, 2.75) is 30.5 Å². The number of aliphatic hydroxyl groups excluding tert-OH is 1. The summed E-state index contributed by atoms with van der Waals surface area (Å²) < 4.78 is 22.4. The molecule has 3 aliphatic rings. The molecule has 5 unspecified atom stereocenters. The molecule has 0 bridgehead atoms. The van der Waals surface area contributed by atoms with Gasteiger partial charge in [0, 0.05) is 13.1 Å². The molecular formula is C18H23N3O9. The second-order valence-corrected chi connectivity index (χ2v) is 7.09. The van der Waals surface area contributed by atoms with Gasteiger partial charge in [0.05, 0.1) is 13.2 Å². The van der Waals surface area contributed by atoms with E-state index in [0.717, 1.165) is 5.75 Å². The highest BCUT2D eigenvalue weighted by molar-refractivity contribution is 5.92. The lowest BCUT2D eigenvalue weighted by atomic mass is 10.1. The molecule has 5 atom stereocenters. The van der Waals surface area contributed by atoms with Gasteiger partial charge in [-0.15, -0.1) is 10.1 Å². The van der Waals surface area contributed by atoms with E-state index in [1.807, 2.05) is 24.3 Å². The van der Waals surface area contributed by atoms with Gasteiger partial charge in [0.2, 0.25) is 0 Å². The van der Waals surface area contributed by atoms with Crippen LogP contribution in [0, 0.1) is 10.1 Å². The zero-order valence-corrected chi connectivity index (χ0v) is 16.0. The van der Waals surface area contributed by atoms with E-state index in [4.69, 9.17) is 23.8 Å². The van der Waals surface area contributed by atoms with Crippen LogP contribution in [0.3, 0.4) is 0 Å². The number of hydrogen-bond donors (Lipinski definition) is 2. The molecule has 3 aliphatic heterocycles. The molecule has 1 aromatic carbocycles. The Kier molecular flexibility index (Phi) is 6.47. The number of ether oxygens (including phenoxy) is 4. The van der Waals surface area contributed by atoms with Crippen LogP contribution in [0.15, 0.2) is 29.4 Å². The first-order chi connectivity index (χ1) is 14.6. The Labute approximate surface area is 171 Å². The average molecular weight is 425 g/mol. The maximum absolute atomic E-state index is 10.5. The second kappa shape index (κ2) is 9.43. The van der Waals surface area contributed by atoms with Crippen molar-refractivity contribution >= 4 is 5.71 Å². The summed E-state index contributed by atoms with van der Waals surface area (Å²) in [5, 5.41) is 26.7. The van der Waals surface area contributed by atoms with Crippen molar-refractivity contribution in [3.8, 4) is 11.5 Å². The van der Waals surface area contributed by atoms with E-state index in [1.54, 1.807) is 0 Å². The Morgan fingerprint density at radius 2 is 2.13 bits per heavy atom. The van der Waals surface area contributed by atoms with Gasteiger partial charge in [-0.05, 0) is 12.1 Å². The first-order valence-electron chi connectivity index (χ1n) is 9.60. The third kappa shape index (κ3) is 4.90. The molecule has 2 saturated heterocycles. The van der Waals surface area contributed by atoms with Gasteiger partial charge in [0.1, 0.15) is 43.3 Å². The van der Waals surface area contributed by atoms with E-state index in [0.29, 0.717) is 24.6 Å². The van der Waals surface area contributed by atoms with Gasteiger partial charge in [-0.2, -0.15) is 0 Å². The number of nitrogens with zero attached hydrogens (tertiary/aromatic N) is 2. The largest absolute Gasteiger partial charge is 0.486 e. The van der Waals surface area contributed by atoms with E-state index < -0.39 is 29.5 Å². The fourth-order valence-electron chi connectivity index (χ4n) is 3.45. The Balaban J connectivity index is 1.14. The number of fused-ring (bicyclic) bond motifs is 2. The lowest BCUT2D eigenvalue weighted by Crippen LogP contribution is -2.41. The van der Waals surface area contributed by atoms with Gasteiger partial charge >= 0.3 is 0 Å². The van der Waals surface area contributed by atoms with Crippen LogP contribution in [-0.2, 0) is 19.1 Å². The summed E-state index contributed by atoms with van der Waals surface area (Å²) >= 11 is 0. The molecule has 0 spiro atoms. The van der Waals surface area contributed by atoms with Crippen LogP contribution in [0.25, 0.3) is 0 Å². The average Bonchev–Trinajstić information content (AvgIpc) is 3.31. The molecule has 1 aromatic rings.